The fourth-order valence-electron chi connectivity index (χ4n) is 1.53. The molecule has 0 bridgehead atoms. The maximum absolute atomic E-state index is 8.46. The molecule has 2 rings (SSSR count). The first-order valence-electron chi connectivity index (χ1n) is 4.59. The van der Waals surface area contributed by atoms with Gasteiger partial charge in [-0.3, -0.25) is 0 Å². The van der Waals surface area contributed by atoms with Gasteiger partial charge in [0.25, 0.3) is 0 Å². The van der Waals surface area contributed by atoms with Gasteiger partial charge in [-0.05, 0) is 24.6 Å². The highest BCUT2D eigenvalue weighted by molar-refractivity contribution is 5.82. The molecule has 0 atom stereocenters. The van der Waals surface area contributed by atoms with Gasteiger partial charge in [-0.25, -0.2) is 4.98 Å². The Bertz CT molecular complexity index is 515. The predicted molar refractivity (Wildman–Crippen MR) is 57.0 cm³/mol. The molecule has 5 heteroatoms. The first kappa shape index (κ1) is 9.51. The minimum atomic E-state index is 0.204. The van der Waals surface area contributed by atoms with Gasteiger partial charge in [-0.2, -0.15) is 0 Å². The smallest absolute Gasteiger partial charge is 0.143 e. The Hall–Kier alpha value is -2.04. The minimum absolute atomic E-state index is 0.204. The number of nitrogens with zero attached hydrogens (tertiary/aromatic N) is 3. The number of imidazole rings is 1. The van der Waals surface area contributed by atoms with Crippen molar-refractivity contribution < 1.29 is 5.21 Å². The first-order valence-corrected chi connectivity index (χ1v) is 4.59. The summed E-state index contributed by atoms with van der Waals surface area (Å²) in [5.74, 6) is 1.15. The Morgan fingerprint density at radius 2 is 2.47 bits per heavy atom. The van der Waals surface area contributed by atoms with Crippen LogP contribution >= 0.6 is 0 Å². The second kappa shape index (κ2) is 3.61. The molecule has 0 spiro atoms. The topological polar surface area (TPSA) is 75.9 Å². The lowest BCUT2D eigenvalue weighted by Crippen LogP contribution is -2.14. The molecule has 0 aliphatic carbocycles. The molecule has 0 saturated carbocycles. The van der Waals surface area contributed by atoms with Crippen LogP contribution < -0.4 is 5.73 Å². The second-order valence-corrected chi connectivity index (χ2v) is 3.40. The Morgan fingerprint density at radius 3 is 3.20 bits per heavy atom. The van der Waals surface area contributed by atoms with Gasteiger partial charge in [0.1, 0.15) is 11.7 Å². The standard InChI is InChI=1S/C10H12N4O/c1-7-12-6-9-4-8(2-3-14(7)9)5-10(11)13-15/h2-4,6,15H,5H2,1H3,(H2,11,13). The molecule has 5 nitrogen and oxygen atoms in total. The third kappa shape index (κ3) is 1.76. The van der Waals surface area contributed by atoms with E-state index < -0.39 is 0 Å². The molecule has 2 aromatic rings. The lowest BCUT2D eigenvalue weighted by atomic mass is 10.2. The molecular formula is C10H12N4O. The lowest BCUT2D eigenvalue weighted by Gasteiger charge is -2.01. The summed E-state index contributed by atoms with van der Waals surface area (Å²) in [6.45, 7) is 1.94. The van der Waals surface area contributed by atoms with Crippen molar-refractivity contribution in [3.63, 3.8) is 0 Å². The number of oxime groups is 1. The molecule has 78 valence electrons. The van der Waals surface area contributed by atoms with Crippen molar-refractivity contribution in [2.75, 3.05) is 0 Å². The summed E-state index contributed by atoms with van der Waals surface area (Å²) >= 11 is 0. The number of nitrogens with two attached hydrogens (primary N) is 1. The van der Waals surface area contributed by atoms with Crippen LogP contribution in [-0.2, 0) is 6.42 Å². The van der Waals surface area contributed by atoms with Crippen molar-refractivity contribution in [1.29, 1.82) is 0 Å². The van der Waals surface area contributed by atoms with Crippen molar-refractivity contribution in [3.05, 3.63) is 35.9 Å². The molecule has 2 aromatic heterocycles. The van der Waals surface area contributed by atoms with Crippen molar-refractivity contribution in [1.82, 2.24) is 9.38 Å². The van der Waals surface area contributed by atoms with Crippen molar-refractivity contribution in [3.8, 4) is 0 Å². The third-order valence-electron chi connectivity index (χ3n) is 2.30. The lowest BCUT2D eigenvalue weighted by molar-refractivity contribution is 0.317. The molecule has 0 aliphatic heterocycles. The van der Waals surface area contributed by atoms with Crippen LogP contribution in [0.4, 0.5) is 0 Å². The number of hydrogen-bond acceptors (Lipinski definition) is 3. The van der Waals surface area contributed by atoms with Crippen LogP contribution in [0.15, 0.2) is 29.7 Å². The van der Waals surface area contributed by atoms with Crippen LogP contribution in [0, 0.1) is 6.92 Å². The van der Waals surface area contributed by atoms with E-state index in [-0.39, 0.29) is 5.84 Å². The molecule has 3 N–H and O–H groups in total. The van der Waals surface area contributed by atoms with Crippen LogP contribution in [0.2, 0.25) is 0 Å². The molecular weight excluding hydrogens is 192 g/mol. The van der Waals surface area contributed by atoms with Gasteiger partial charge in [0, 0.05) is 12.6 Å². The molecule has 0 radical (unpaired) electrons. The number of fused-ring (bicyclic) bond motifs is 1. The number of rotatable bonds is 2. The van der Waals surface area contributed by atoms with Crippen molar-refractivity contribution in [2.24, 2.45) is 10.9 Å². The highest BCUT2D eigenvalue weighted by atomic mass is 16.4. The van der Waals surface area contributed by atoms with E-state index >= 15 is 0 Å². The molecule has 0 aliphatic rings. The van der Waals surface area contributed by atoms with E-state index in [4.69, 9.17) is 10.9 Å². The number of aryl methyl sites for hydroxylation is 1. The van der Waals surface area contributed by atoms with Crippen LogP contribution in [0.5, 0.6) is 0 Å². The number of aromatic nitrogens is 2. The summed E-state index contributed by atoms with van der Waals surface area (Å²) in [5, 5.41) is 11.4. The summed E-state index contributed by atoms with van der Waals surface area (Å²) in [6.07, 6.45) is 4.17. The maximum Gasteiger partial charge on any atom is 0.143 e. The molecule has 0 saturated heterocycles. The van der Waals surface area contributed by atoms with Gasteiger partial charge in [-0.1, -0.05) is 5.16 Å². The molecule has 0 unspecified atom stereocenters. The molecule has 0 aromatic carbocycles. The van der Waals surface area contributed by atoms with Crippen LogP contribution in [0.25, 0.3) is 5.52 Å². The zero-order valence-electron chi connectivity index (χ0n) is 8.38. The summed E-state index contributed by atoms with van der Waals surface area (Å²) in [4.78, 5) is 4.19. The Balaban J connectivity index is 2.39. The first-order chi connectivity index (χ1) is 7.20. The average Bonchev–Trinajstić information content (AvgIpc) is 2.60. The quantitative estimate of drug-likeness (QED) is 0.331. The van der Waals surface area contributed by atoms with Crippen LogP contribution in [0.1, 0.15) is 11.4 Å². The van der Waals surface area contributed by atoms with E-state index in [1.165, 1.54) is 0 Å². The summed E-state index contributed by atoms with van der Waals surface area (Å²) in [7, 11) is 0. The SMILES string of the molecule is Cc1ncc2cc(C/C(N)=N/O)ccn12. The number of hydrogen-bond donors (Lipinski definition) is 2. The molecule has 0 fully saturated rings. The zero-order chi connectivity index (χ0) is 10.8. The molecule has 2 heterocycles. The fourth-order valence-corrected chi connectivity index (χ4v) is 1.53. The van der Waals surface area contributed by atoms with E-state index in [2.05, 4.69) is 10.1 Å². The van der Waals surface area contributed by atoms with Crippen molar-refractivity contribution >= 4 is 11.4 Å². The zero-order valence-corrected chi connectivity index (χ0v) is 8.38. The summed E-state index contributed by atoms with van der Waals surface area (Å²) in [6, 6.07) is 3.90. The van der Waals surface area contributed by atoms with E-state index in [0.717, 1.165) is 16.9 Å². The van der Waals surface area contributed by atoms with Gasteiger partial charge in [-0.15, -0.1) is 0 Å². The molecule has 0 amide bonds. The highest BCUT2D eigenvalue weighted by Gasteiger charge is 2.01. The van der Waals surface area contributed by atoms with E-state index in [9.17, 15) is 0 Å². The normalized spacial score (nSPS) is 12.2. The van der Waals surface area contributed by atoms with E-state index in [0.29, 0.717) is 6.42 Å². The Labute approximate surface area is 86.8 Å². The second-order valence-electron chi connectivity index (χ2n) is 3.40. The van der Waals surface area contributed by atoms with E-state index in [1.807, 2.05) is 29.7 Å². The summed E-state index contributed by atoms with van der Waals surface area (Å²) in [5.41, 5.74) is 7.44. The Morgan fingerprint density at radius 1 is 1.67 bits per heavy atom. The van der Waals surface area contributed by atoms with Gasteiger partial charge < -0.3 is 15.3 Å². The third-order valence-corrected chi connectivity index (χ3v) is 2.30. The number of amidine groups is 1. The predicted octanol–water partition coefficient (Wildman–Crippen LogP) is 0.932. The van der Waals surface area contributed by atoms with Crippen molar-refractivity contribution in [2.45, 2.75) is 13.3 Å². The maximum atomic E-state index is 8.46. The van der Waals surface area contributed by atoms with Gasteiger partial charge >= 0.3 is 0 Å². The fraction of sp³-hybridized carbons (Fsp3) is 0.200. The van der Waals surface area contributed by atoms with Gasteiger partial charge in [0.2, 0.25) is 0 Å². The molecule has 15 heavy (non-hydrogen) atoms. The van der Waals surface area contributed by atoms with Gasteiger partial charge in [0.05, 0.1) is 11.7 Å². The largest absolute Gasteiger partial charge is 0.409 e. The summed E-state index contributed by atoms with van der Waals surface area (Å²) < 4.78 is 1.98. The Kier molecular flexibility index (Phi) is 2.29. The highest BCUT2D eigenvalue weighted by Crippen LogP contribution is 2.09. The van der Waals surface area contributed by atoms with Crippen LogP contribution in [0.3, 0.4) is 0 Å². The monoisotopic (exact) mass is 204 g/mol. The minimum Gasteiger partial charge on any atom is -0.409 e. The number of pyridine rings is 1. The average molecular weight is 204 g/mol. The van der Waals surface area contributed by atoms with Gasteiger partial charge in [0.15, 0.2) is 0 Å². The van der Waals surface area contributed by atoms with E-state index in [1.54, 1.807) is 6.20 Å². The van der Waals surface area contributed by atoms with Crippen LogP contribution in [-0.4, -0.2) is 20.4 Å².